The van der Waals surface area contributed by atoms with Crippen LogP contribution in [0.25, 0.3) is 0 Å². The third-order valence-electron chi connectivity index (χ3n) is 2.28. The third-order valence-corrected chi connectivity index (χ3v) is 2.28. The Morgan fingerprint density at radius 3 is 2.73 bits per heavy atom. The van der Waals surface area contributed by atoms with Crippen molar-refractivity contribution in [3.63, 3.8) is 0 Å². The Morgan fingerprint density at radius 2 is 2.20 bits per heavy atom. The number of aryl methyl sites for hydroxylation is 1. The van der Waals surface area contributed by atoms with Gasteiger partial charge in [0.15, 0.2) is 0 Å². The monoisotopic (exact) mass is 209 g/mol. The van der Waals surface area contributed by atoms with Crippen molar-refractivity contribution in [3.05, 3.63) is 33.9 Å². The first-order valence-corrected chi connectivity index (χ1v) is 5.00. The molecule has 0 aliphatic heterocycles. The van der Waals surface area contributed by atoms with Crippen molar-refractivity contribution in [2.24, 2.45) is 0 Å². The van der Waals surface area contributed by atoms with Gasteiger partial charge in [-0.25, -0.2) is 0 Å². The van der Waals surface area contributed by atoms with Gasteiger partial charge in [-0.2, -0.15) is 0 Å². The molecular weight excluding hydrogens is 194 g/mol. The normalized spacial score (nSPS) is 10.0. The number of methoxy groups -OCH3 is 1. The molecule has 0 saturated heterocycles. The van der Waals surface area contributed by atoms with Gasteiger partial charge in [-0.1, -0.05) is 13.3 Å². The molecule has 0 spiro atoms. The zero-order valence-electron chi connectivity index (χ0n) is 9.03. The lowest BCUT2D eigenvalue weighted by Crippen LogP contribution is -1.96. The van der Waals surface area contributed by atoms with Crippen molar-refractivity contribution >= 4 is 5.69 Å². The minimum atomic E-state index is -0.343. The van der Waals surface area contributed by atoms with Gasteiger partial charge in [0.2, 0.25) is 0 Å². The van der Waals surface area contributed by atoms with Gasteiger partial charge in [-0.3, -0.25) is 10.1 Å². The summed E-state index contributed by atoms with van der Waals surface area (Å²) in [6.07, 6.45) is 2.70. The average molecular weight is 209 g/mol. The number of unbranched alkanes of at least 4 members (excludes halogenated alkanes) is 1. The molecule has 0 bridgehead atoms. The van der Waals surface area contributed by atoms with Gasteiger partial charge in [-0.05, 0) is 25.0 Å². The second kappa shape index (κ2) is 5.34. The lowest BCUT2D eigenvalue weighted by molar-refractivity contribution is -0.385. The second-order valence-electron chi connectivity index (χ2n) is 3.36. The zero-order chi connectivity index (χ0) is 11.3. The molecule has 4 heteroatoms. The van der Waals surface area contributed by atoms with Crippen LogP contribution in [0.15, 0.2) is 18.2 Å². The Labute approximate surface area is 89.0 Å². The van der Waals surface area contributed by atoms with Crippen LogP contribution in [0.2, 0.25) is 0 Å². The first-order chi connectivity index (χ1) is 7.19. The van der Waals surface area contributed by atoms with E-state index >= 15 is 0 Å². The number of hydrogen-bond acceptors (Lipinski definition) is 3. The van der Waals surface area contributed by atoms with Crippen molar-refractivity contribution in [3.8, 4) is 5.75 Å². The van der Waals surface area contributed by atoms with Gasteiger partial charge in [0.05, 0.1) is 12.0 Å². The Balaban J connectivity index is 2.99. The van der Waals surface area contributed by atoms with Gasteiger partial charge >= 0.3 is 0 Å². The van der Waals surface area contributed by atoms with Gasteiger partial charge in [0.1, 0.15) is 5.75 Å². The average Bonchev–Trinajstić information content (AvgIpc) is 2.25. The summed E-state index contributed by atoms with van der Waals surface area (Å²) in [5.74, 6) is 0.673. The summed E-state index contributed by atoms with van der Waals surface area (Å²) in [5, 5.41) is 10.7. The second-order valence-corrected chi connectivity index (χ2v) is 3.36. The van der Waals surface area contributed by atoms with Gasteiger partial charge in [0.25, 0.3) is 5.69 Å². The number of ether oxygens (including phenoxy) is 1. The van der Waals surface area contributed by atoms with Crippen LogP contribution in [-0.2, 0) is 6.42 Å². The molecule has 1 rings (SSSR count). The van der Waals surface area contributed by atoms with Crippen LogP contribution in [0, 0.1) is 10.1 Å². The summed E-state index contributed by atoms with van der Waals surface area (Å²) in [7, 11) is 1.56. The highest BCUT2D eigenvalue weighted by atomic mass is 16.6. The molecular formula is C11H15NO3. The quantitative estimate of drug-likeness (QED) is 0.553. The smallest absolute Gasteiger partial charge is 0.272 e. The molecule has 15 heavy (non-hydrogen) atoms. The molecule has 82 valence electrons. The van der Waals surface area contributed by atoms with Gasteiger partial charge in [-0.15, -0.1) is 0 Å². The Kier molecular flexibility index (Phi) is 4.09. The van der Waals surface area contributed by atoms with Crippen LogP contribution >= 0.6 is 0 Å². The summed E-state index contributed by atoms with van der Waals surface area (Å²) in [4.78, 5) is 10.4. The van der Waals surface area contributed by atoms with E-state index in [9.17, 15) is 10.1 Å². The molecule has 1 aromatic carbocycles. The highest BCUT2D eigenvalue weighted by Crippen LogP contribution is 2.25. The molecule has 0 N–H and O–H groups in total. The molecule has 0 amide bonds. The molecule has 1 aromatic rings. The standard InChI is InChI=1S/C11H15NO3/c1-3-4-5-9-8-10(15-2)6-7-11(9)12(13)14/h6-8H,3-5H2,1-2H3. The molecule has 0 atom stereocenters. The highest BCUT2D eigenvalue weighted by molar-refractivity contribution is 5.45. The third kappa shape index (κ3) is 2.94. The van der Waals surface area contributed by atoms with E-state index in [4.69, 9.17) is 4.74 Å². The van der Waals surface area contributed by atoms with Crippen LogP contribution in [0.3, 0.4) is 0 Å². The van der Waals surface area contributed by atoms with E-state index in [1.807, 2.05) is 0 Å². The minimum absolute atomic E-state index is 0.184. The Hall–Kier alpha value is -1.58. The van der Waals surface area contributed by atoms with Gasteiger partial charge in [0, 0.05) is 11.6 Å². The lowest BCUT2D eigenvalue weighted by atomic mass is 10.1. The van der Waals surface area contributed by atoms with Crippen molar-refractivity contribution < 1.29 is 9.66 Å². The summed E-state index contributed by atoms with van der Waals surface area (Å²) in [6, 6.07) is 4.87. The van der Waals surface area contributed by atoms with E-state index in [1.54, 1.807) is 19.2 Å². The van der Waals surface area contributed by atoms with Crippen LogP contribution in [0.5, 0.6) is 5.75 Å². The van der Waals surface area contributed by atoms with E-state index in [-0.39, 0.29) is 10.6 Å². The Morgan fingerprint density at radius 1 is 1.47 bits per heavy atom. The molecule has 0 aliphatic carbocycles. The number of nitro benzene ring substituents is 1. The highest BCUT2D eigenvalue weighted by Gasteiger charge is 2.13. The summed E-state index contributed by atoms with van der Waals surface area (Å²) in [5.41, 5.74) is 0.936. The van der Waals surface area contributed by atoms with E-state index in [0.717, 1.165) is 24.8 Å². The van der Waals surface area contributed by atoms with Crippen molar-refractivity contribution in [2.45, 2.75) is 26.2 Å². The van der Waals surface area contributed by atoms with Gasteiger partial charge < -0.3 is 4.74 Å². The molecule has 0 heterocycles. The predicted octanol–water partition coefficient (Wildman–Crippen LogP) is 2.95. The summed E-state index contributed by atoms with van der Waals surface area (Å²) in [6.45, 7) is 2.06. The molecule has 0 aromatic heterocycles. The minimum Gasteiger partial charge on any atom is -0.497 e. The number of nitrogens with zero attached hydrogens (tertiary/aromatic N) is 1. The maximum Gasteiger partial charge on any atom is 0.272 e. The van der Waals surface area contributed by atoms with E-state index in [0.29, 0.717) is 5.75 Å². The fraction of sp³-hybridized carbons (Fsp3) is 0.455. The maximum atomic E-state index is 10.7. The van der Waals surface area contributed by atoms with Crippen LogP contribution in [0.4, 0.5) is 5.69 Å². The van der Waals surface area contributed by atoms with Crippen molar-refractivity contribution in [2.75, 3.05) is 7.11 Å². The maximum absolute atomic E-state index is 10.7. The molecule has 0 unspecified atom stereocenters. The molecule has 4 nitrogen and oxygen atoms in total. The lowest BCUT2D eigenvalue weighted by Gasteiger charge is -2.04. The number of nitro groups is 1. The molecule has 0 fully saturated rings. The van der Waals surface area contributed by atoms with Crippen molar-refractivity contribution in [1.82, 2.24) is 0 Å². The largest absolute Gasteiger partial charge is 0.497 e. The van der Waals surface area contributed by atoms with E-state index in [1.165, 1.54) is 6.07 Å². The summed E-state index contributed by atoms with van der Waals surface area (Å²) < 4.78 is 5.05. The number of hydrogen-bond donors (Lipinski definition) is 0. The first kappa shape index (κ1) is 11.5. The van der Waals surface area contributed by atoms with E-state index in [2.05, 4.69) is 6.92 Å². The topological polar surface area (TPSA) is 52.4 Å². The zero-order valence-corrected chi connectivity index (χ0v) is 9.03. The first-order valence-electron chi connectivity index (χ1n) is 5.00. The molecule has 0 radical (unpaired) electrons. The van der Waals surface area contributed by atoms with Crippen LogP contribution in [0.1, 0.15) is 25.3 Å². The number of benzene rings is 1. The molecule has 0 aliphatic rings. The fourth-order valence-electron chi connectivity index (χ4n) is 1.43. The SMILES string of the molecule is CCCCc1cc(OC)ccc1[N+](=O)[O-]. The molecule has 0 saturated carbocycles. The Bertz CT molecular complexity index is 350. The van der Waals surface area contributed by atoms with E-state index < -0.39 is 0 Å². The summed E-state index contributed by atoms with van der Waals surface area (Å²) >= 11 is 0. The van der Waals surface area contributed by atoms with Crippen LogP contribution < -0.4 is 4.74 Å². The fourth-order valence-corrected chi connectivity index (χ4v) is 1.43. The predicted molar refractivity (Wildman–Crippen MR) is 58.3 cm³/mol. The van der Waals surface area contributed by atoms with Crippen molar-refractivity contribution in [1.29, 1.82) is 0 Å². The van der Waals surface area contributed by atoms with Crippen LogP contribution in [-0.4, -0.2) is 12.0 Å². The number of rotatable bonds is 5.